The molecule has 6 heteroatoms. The van der Waals surface area contributed by atoms with Crippen LogP contribution in [0, 0.1) is 5.41 Å². The van der Waals surface area contributed by atoms with Crippen LogP contribution in [0.15, 0.2) is 24.5 Å². The standard InChI is InChI=1S/C11H11F3N2O/c12-11(13,14)10(3-5-16-7-10)9(17)8-2-1-4-15-6-8/h1-2,4,6,16H,3,5,7H2. The van der Waals surface area contributed by atoms with Gasteiger partial charge in [0.1, 0.15) is 5.41 Å². The zero-order valence-corrected chi connectivity index (χ0v) is 8.92. The smallest absolute Gasteiger partial charge is 0.315 e. The molecule has 2 heterocycles. The number of pyridine rings is 1. The maximum Gasteiger partial charge on any atom is 0.402 e. The van der Waals surface area contributed by atoms with E-state index in [1.165, 1.54) is 24.5 Å². The Bertz CT molecular complexity index is 410. The third kappa shape index (κ3) is 1.93. The van der Waals surface area contributed by atoms with Crippen LogP contribution in [0.2, 0.25) is 0 Å². The van der Waals surface area contributed by atoms with Gasteiger partial charge in [0.25, 0.3) is 0 Å². The summed E-state index contributed by atoms with van der Waals surface area (Å²) in [5, 5.41) is 2.61. The van der Waals surface area contributed by atoms with Gasteiger partial charge in [-0.3, -0.25) is 9.78 Å². The number of alkyl halides is 3. The molecule has 1 unspecified atom stereocenters. The van der Waals surface area contributed by atoms with Crippen molar-refractivity contribution in [1.82, 2.24) is 10.3 Å². The van der Waals surface area contributed by atoms with Gasteiger partial charge in [-0.2, -0.15) is 13.2 Å². The molecule has 1 aliphatic rings. The topological polar surface area (TPSA) is 42.0 Å². The quantitative estimate of drug-likeness (QED) is 0.807. The molecule has 1 atom stereocenters. The van der Waals surface area contributed by atoms with Crippen LogP contribution in [0.5, 0.6) is 0 Å². The van der Waals surface area contributed by atoms with Crippen molar-refractivity contribution >= 4 is 5.78 Å². The van der Waals surface area contributed by atoms with Gasteiger partial charge < -0.3 is 5.32 Å². The van der Waals surface area contributed by atoms with E-state index < -0.39 is 17.4 Å². The van der Waals surface area contributed by atoms with E-state index in [-0.39, 0.29) is 25.1 Å². The molecule has 1 N–H and O–H groups in total. The second kappa shape index (κ2) is 4.10. The highest BCUT2D eigenvalue weighted by atomic mass is 19.4. The van der Waals surface area contributed by atoms with E-state index in [2.05, 4.69) is 10.3 Å². The lowest BCUT2D eigenvalue weighted by molar-refractivity contribution is -0.197. The molecule has 1 aromatic heterocycles. The monoisotopic (exact) mass is 244 g/mol. The second-order valence-corrected chi connectivity index (χ2v) is 4.08. The summed E-state index contributed by atoms with van der Waals surface area (Å²) < 4.78 is 39.2. The molecule has 0 spiro atoms. The molecule has 0 aromatic carbocycles. The molecule has 1 aromatic rings. The third-order valence-electron chi connectivity index (χ3n) is 3.06. The lowest BCUT2D eigenvalue weighted by atomic mass is 9.79. The summed E-state index contributed by atoms with van der Waals surface area (Å²) in [6.45, 7) is -0.157. The largest absolute Gasteiger partial charge is 0.402 e. The Hall–Kier alpha value is -1.43. The number of carbonyl (C=O) groups excluding carboxylic acids is 1. The molecule has 0 amide bonds. The number of nitrogens with one attached hydrogen (secondary N) is 1. The molecular weight excluding hydrogens is 233 g/mol. The summed E-state index contributed by atoms with van der Waals surface area (Å²) in [5.41, 5.74) is -2.29. The highest BCUT2D eigenvalue weighted by Gasteiger charge is 2.61. The van der Waals surface area contributed by atoms with Crippen molar-refractivity contribution in [2.45, 2.75) is 12.6 Å². The molecule has 0 aliphatic carbocycles. The Morgan fingerprint density at radius 2 is 2.24 bits per heavy atom. The van der Waals surface area contributed by atoms with Crippen molar-refractivity contribution in [2.24, 2.45) is 5.41 Å². The number of Topliss-reactive ketones (excluding diaryl/α,β-unsaturated/α-hetero) is 1. The molecule has 2 rings (SSSR count). The van der Waals surface area contributed by atoms with Crippen LogP contribution in [0.3, 0.4) is 0 Å². The number of ketones is 1. The molecular formula is C11H11F3N2O. The van der Waals surface area contributed by atoms with Gasteiger partial charge in [0.05, 0.1) is 0 Å². The first-order valence-electron chi connectivity index (χ1n) is 5.20. The number of hydrogen-bond donors (Lipinski definition) is 1. The van der Waals surface area contributed by atoms with E-state index in [0.717, 1.165) is 0 Å². The van der Waals surface area contributed by atoms with E-state index in [9.17, 15) is 18.0 Å². The van der Waals surface area contributed by atoms with E-state index in [1.807, 2.05) is 0 Å². The summed E-state index contributed by atoms with van der Waals surface area (Å²) in [6, 6.07) is 2.82. The Morgan fingerprint density at radius 3 is 2.71 bits per heavy atom. The maximum atomic E-state index is 13.1. The SMILES string of the molecule is O=C(c1cccnc1)C1(C(F)(F)F)CCNC1. The number of aromatic nitrogens is 1. The molecule has 3 nitrogen and oxygen atoms in total. The third-order valence-corrected chi connectivity index (χ3v) is 3.06. The van der Waals surface area contributed by atoms with Gasteiger partial charge in [-0.05, 0) is 25.1 Å². The number of halogens is 3. The summed E-state index contributed by atoms with van der Waals surface area (Å²) >= 11 is 0. The van der Waals surface area contributed by atoms with E-state index in [1.54, 1.807) is 0 Å². The van der Waals surface area contributed by atoms with Crippen molar-refractivity contribution in [3.63, 3.8) is 0 Å². The minimum absolute atomic E-state index is 0.00789. The van der Waals surface area contributed by atoms with Gasteiger partial charge in [0.15, 0.2) is 5.78 Å². The average Bonchev–Trinajstić information content (AvgIpc) is 2.79. The van der Waals surface area contributed by atoms with Crippen molar-refractivity contribution in [3.8, 4) is 0 Å². The van der Waals surface area contributed by atoms with Crippen molar-refractivity contribution in [2.75, 3.05) is 13.1 Å². The first-order chi connectivity index (χ1) is 7.97. The number of rotatable bonds is 2. The molecule has 0 radical (unpaired) electrons. The lowest BCUT2D eigenvalue weighted by Gasteiger charge is -2.29. The van der Waals surface area contributed by atoms with E-state index in [4.69, 9.17) is 0 Å². The Labute approximate surface area is 96.0 Å². The molecule has 17 heavy (non-hydrogen) atoms. The highest BCUT2D eigenvalue weighted by Crippen LogP contribution is 2.45. The summed E-state index contributed by atoms with van der Waals surface area (Å²) in [7, 11) is 0. The fraction of sp³-hybridized carbons (Fsp3) is 0.455. The van der Waals surface area contributed by atoms with Crippen molar-refractivity contribution in [3.05, 3.63) is 30.1 Å². The summed E-state index contributed by atoms with van der Waals surface area (Å²) in [5.74, 6) is -0.900. The normalized spacial score (nSPS) is 24.9. The number of nitrogens with zero attached hydrogens (tertiary/aromatic N) is 1. The number of carbonyl (C=O) groups is 1. The average molecular weight is 244 g/mol. The zero-order chi connectivity index (χ0) is 12.5. The minimum atomic E-state index is -4.54. The first kappa shape index (κ1) is 12.0. The van der Waals surface area contributed by atoms with E-state index >= 15 is 0 Å². The van der Waals surface area contributed by atoms with E-state index in [0.29, 0.717) is 0 Å². The maximum absolute atomic E-state index is 13.1. The molecule has 1 saturated heterocycles. The summed E-state index contributed by atoms with van der Waals surface area (Å²) in [4.78, 5) is 15.7. The van der Waals surface area contributed by atoms with Crippen molar-refractivity contribution < 1.29 is 18.0 Å². The molecule has 92 valence electrons. The molecule has 1 aliphatic heterocycles. The van der Waals surface area contributed by atoms with Crippen LogP contribution in [0.4, 0.5) is 13.2 Å². The molecule has 0 saturated carbocycles. The fourth-order valence-electron chi connectivity index (χ4n) is 2.03. The van der Waals surface area contributed by atoms with Crippen LogP contribution < -0.4 is 5.32 Å². The van der Waals surface area contributed by atoms with Gasteiger partial charge in [0, 0.05) is 24.5 Å². The Kier molecular flexibility index (Phi) is 2.91. The fourth-order valence-corrected chi connectivity index (χ4v) is 2.03. The lowest BCUT2D eigenvalue weighted by Crippen LogP contribution is -2.46. The van der Waals surface area contributed by atoms with Gasteiger partial charge in [-0.25, -0.2) is 0 Å². The van der Waals surface area contributed by atoms with Crippen LogP contribution >= 0.6 is 0 Å². The predicted molar refractivity (Wildman–Crippen MR) is 54.5 cm³/mol. The predicted octanol–water partition coefficient (Wildman–Crippen LogP) is 1.81. The second-order valence-electron chi connectivity index (χ2n) is 4.08. The first-order valence-corrected chi connectivity index (χ1v) is 5.20. The van der Waals surface area contributed by atoms with Crippen LogP contribution in [0.25, 0.3) is 0 Å². The van der Waals surface area contributed by atoms with Gasteiger partial charge in [0.2, 0.25) is 0 Å². The molecule has 1 fully saturated rings. The summed E-state index contributed by atoms with van der Waals surface area (Å²) in [6.07, 6.45) is -2.16. The Balaban J connectivity index is 2.39. The van der Waals surface area contributed by atoms with Gasteiger partial charge >= 0.3 is 6.18 Å². The number of hydrogen-bond acceptors (Lipinski definition) is 3. The molecule has 0 bridgehead atoms. The van der Waals surface area contributed by atoms with Crippen LogP contribution in [0.1, 0.15) is 16.8 Å². The van der Waals surface area contributed by atoms with Crippen LogP contribution in [-0.2, 0) is 0 Å². The van der Waals surface area contributed by atoms with Gasteiger partial charge in [-0.15, -0.1) is 0 Å². The van der Waals surface area contributed by atoms with Crippen molar-refractivity contribution in [1.29, 1.82) is 0 Å². The highest BCUT2D eigenvalue weighted by molar-refractivity contribution is 6.01. The van der Waals surface area contributed by atoms with Crippen LogP contribution in [-0.4, -0.2) is 30.0 Å². The minimum Gasteiger partial charge on any atom is -0.315 e. The zero-order valence-electron chi connectivity index (χ0n) is 8.92. The Morgan fingerprint density at radius 1 is 1.47 bits per heavy atom. The van der Waals surface area contributed by atoms with Gasteiger partial charge in [-0.1, -0.05) is 0 Å².